The smallest absolute Gasteiger partial charge is 0.293 e. The molecule has 0 aliphatic rings. The first-order valence-electron chi connectivity index (χ1n) is 7.04. The summed E-state index contributed by atoms with van der Waals surface area (Å²) in [6.45, 7) is 12.5. The van der Waals surface area contributed by atoms with E-state index < -0.39 is 0 Å². The topological polar surface area (TPSA) is 26.3 Å². The van der Waals surface area contributed by atoms with Gasteiger partial charge in [0.1, 0.15) is 0 Å². The zero-order valence-corrected chi connectivity index (χ0v) is 12.2. The van der Waals surface area contributed by atoms with Crippen molar-refractivity contribution in [1.82, 2.24) is 0 Å². The number of ether oxygens (including phenoxy) is 1. The second-order valence-electron chi connectivity index (χ2n) is 5.97. The molecule has 17 heavy (non-hydrogen) atoms. The third kappa shape index (κ3) is 9.20. The van der Waals surface area contributed by atoms with E-state index in [1.807, 2.05) is 0 Å². The summed E-state index contributed by atoms with van der Waals surface area (Å²) in [7, 11) is 0. The Morgan fingerprint density at radius 1 is 0.882 bits per heavy atom. The van der Waals surface area contributed by atoms with Crippen molar-refractivity contribution in [3.05, 3.63) is 0 Å². The SMILES string of the molecule is CC[C@@H](C)C[C@@H](C)C[C@@H](C)C[C@@H](C)COC=O. The van der Waals surface area contributed by atoms with Crippen molar-refractivity contribution in [3.8, 4) is 0 Å². The minimum absolute atomic E-state index is 0.478. The molecule has 0 aliphatic carbocycles. The van der Waals surface area contributed by atoms with Crippen molar-refractivity contribution in [1.29, 1.82) is 0 Å². The van der Waals surface area contributed by atoms with Crippen molar-refractivity contribution in [2.24, 2.45) is 23.7 Å². The maximum atomic E-state index is 10.1. The van der Waals surface area contributed by atoms with Crippen molar-refractivity contribution in [2.45, 2.75) is 60.3 Å². The Kier molecular flexibility index (Phi) is 9.20. The Morgan fingerprint density at radius 2 is 1.35 bits per heavy atom. The summed E-state index contributed by atoms with van der Waals surface area (Å²) in [5.74, 6) is 2.84. The average Bonchev–Trinajstić information content (AvgIpc) is 2.25. The molecule has 0 aromatic heterocycles. The van der Waals surface area contributed by atoms with E-state index in [9.17, 15) is 4.79 Å². The molecule has 0 amide bonds. The summed E-state index contributed by atoms with van der Waals surface area (Å²) in [5, 5.41) is 0. The standard InChI is InChI=1S/C15H30O2/c1-6-12(2)7-13(3)8-14(4)9-15(5)10-17-11-16/h11-15H,6-10H2,1-5H3/t12-,13-,14-,15-/m1/s1. The normalized spacial score (nSPS) is 18.2. The molecule has 0 rings (SSSR count). The predicted molar refractivity (Wildman–Crippen MR) is 72.8 cm³/mol. The number of carbonyl (C=O) groups excluding carboxylic acids is 1. The van der Waals surface area contributed by atoms with Crippen molar-refractivity contribution < 1.29 is 9.53 Å². The zero-order valence-electron chi connectivity index (χ0n) is 12.2. The molecule has 0 heterocycles. The van der Waals surface area contributed by atoms with Crippen LogP contribution in [0.4, 0.5) is 0 Å². The molecule has 102 valence electrons. The van der Waals surface area contributed by atoms with E-state index in [-0.39, 0.29) is 0 Å². The fourth-order valence-corrected chi connectivity index (χ4v) is 2.69. The van der Waals surface area contributed by atoms with E-state index in [0.29, 0.717) is 19.0 Å². The van der Waals surface area contributed by atoms with E-state index in [2.05, 4.69) is 34.6 Å². The molecule has 0 bridgehead atoms. The molecule has 4 atom stereocenters. The van der Waals surface area contributed by atoms with Crippen molar-refractivity contribution in [3.63, 3.8) is 0 Å². The molecule has 2 nitrogen and oxygen atoms in total. The molecule has 0 radical (unpaired) electrons. The van der Waals surface area contributed by atoms with E-state index in [4.69, 9.17) is 4.74 Å². The monoisotopic (exact) mass is 242 g/mol. The molecule has 0 saturated carbocycles. The van der Waals surface area contributed by atoms with Gasteiger partial charge in [-0.05, 0) is 42.9 Å². The molecule has 0 spiro atoms. The van der Waals surface area contributed by atoms with E-state index in [1.165, 1.54) is 19.3 Å². The van der Waals surface area contributed by atoms with Gasteiger partial charge in [0.05, 0.1) is 6.61 Å². The van der Waals surface area contributed by atoms with Crippen LogP contribution in [0.3, 0.4) is 0 Å². The molecular weight excluding hydrogens is 212 g/mol. The molecule has 0 aromatic carbocycles. The molecule has 0 aliphatic heterocycles. The summed E-state index contributed by atoms with van der Waals surface area (Å²) < 4.78 is 4.80. The molecule has 0 aromatic rings. The highest BCUT2D eigenvalue weighted by molar-refractivity contribution is 5.36. The summed E-state index contributed by atoms with van der Waals surface area (Å²) in [5.41, 5.74) is 0. The maximum Gasteiger partial charge on any atom is 0.293 e. The van der Waals surface area contributed by atoms with Gasteiger partial charge < -0.3 is 4.74 Å². The van der Waals surface area contributed by atoms with E-state index >= 15 is 0 Å². The van der Waals surface area contributed by atoms with Crippen LogP contribution in [0, 0.1) is 23.7 Å². The van der Waals surface area contributed by atoms with Crippen LogP contribution in [0.1, 0.15) is 60.3 Å². The first-order valence-corrected chi connectivity index (χ1v) is 7.04. The molecule has 2 heteroatoms. The van der Waals surface area contributed by atoms with Gasteiger partial charge in [-0.2, -0.15) is 0 Å². The van der Waals surface area contributed by atoms with Crippen LogP contribution in [-0.4, -0.2) is 13.1 Å². The number of hydrogen-bond acceptors (Lipinski definition) is 2. The Labute approximate surface area is 107 Å². The number of rotatable bonds is 10. The van der Waals surface area contributed by atoms with Crippen LogP contribution in [-0.2, 0) is 9.53 Å². The van der Waals surface area contributed by atoms with E-state index in [1.54, 1.807) is 0 Å². The highest BCUT2D eigenvalue weighted by Gasteiger charge is 2.14. The second kappa shape index (κ2) is 9.49. The highest BCUT2D eigenvalue weighted by atomic mass is 16.5. The first-order chi connectivity index (χ1) is 7.99. The molecule has 0 saturated heterocycles. The van der Waals surface area contributed by atoms with Gasteiger partial charge in [0, 0.05) is 0 Å². The third-order valence-corrected chi connectivity index (χ3v) is 3.56. The Balaban J connectivity index is 3.75. The van der Waals surface area contributed by atoms with Crippen LogP contribution in [0.5, 0.6) is 0 Å². The van der Waals surface area contributed by atoms with Crippen LogP contribution in [0.15, 0.2) is 0 Å². The van der Waals surface area contributed by atoms with Crippen LogP contribution < -0.4 is 0 Å². The summed E-state index contributed by atoms with van der Waals surface area (Å²) in [6.07, 6.45) is 5.05. The Morgan fingerprint density at radius 3 is 1.82 bits per heavy atom. The Bertz CT molecular complexity index is 191. The lowest BCUT2D eigenvalue weighted by atomic mass is 9.85. The van der Waals surface area contributed by atoms with Gasteiger partial charge in [-0.3, -0.25) is 4.79 Å². The quantitative estimate of drug-likeness (QED) is 0.534. The summed E-state index contributed by atoms with van der Waals surface area (Å²) in [6, 6.07) is 0. The highest BCUT2D eigenvalue weighted by Crippen LogP contribution is 2.25. The molecule has 0 fully saturated rings. The van der Waals surface area contributed by atoms with Crippen LogP contribution in [0.2, 0.25) is 0 Å². The second-order valence-corrected chi connectivity index (χ2v) is 5.97. The maximum absolute atomic E-state index is 10.1. The van der Waals surface area contributed by atoms with Crippen molar-refractivity contribution in [2.75, 3.05) is 6.61 Å². The van der Waals surface area contributed by atoms with Gasteiger partial charge in [0.15, 0.2) is 0 Å². The predicted octanol–water partition coefficient (Wildman–Crippen LogP) is 4.28. The molecule has 0 unspecified atom stereocenters. The molecule has 0 N–H and O–H groups in total. The number of carbonyl (C=O) groups is 1. The van der Waals surface area contributed by atoms with Gasteiger partial charge in [-0.1, -0.05) is 41.0 Å². The molecular formula is C15H30O2. The van der Waals surface area contributed by atoms with Crippen LogP contribution in [0.25, 0.3) is 0 Å². The number of hydrogen-bond donors (Lipinski definition) is 0. The van der Waals surface area contributed by atoms with Gasteiger partial charge in [0.2, 0.25) is 0 Å². The third-order valence-electron chi connectivity index (χ3n) is 3.56. The largest absolute Gasteiger partial charge is 0.468 e. The lowest BCUT2D eigenvalue weighted by Gasteiger charge is -2.22. The Hall–Kier alpha value is -0.530. The van der Waals surface area contributed by atoms with Crippen LogP contribution >= 0.6 is 0 Å². The van der Waals surface area contributed by atoms with E-state index in [0.717, 1.165) is 24.2 Å². The lowest BCUT2D eigenvalue weighted by Crippen LogP contribution is -2.13. The minimum atomic E-state index is 0.478. The fourth-order valence-electron chi connectivity index (χ4n) is 2.69. The average molecular weight is 242 g/mol. The van der Waals surface area contributed by atoms with Gasteiger partial charge >= 0.3 is 0 Å². The van der Waals surface area contributed by atoms with Gasteiger partial charge in [0.25, 0.3) is 6.47 Å². The minimum Gasteiger partial charge on any atom is -0.468 e. The summed E-state index contributed by atoms with van der Waals surface area (Å²) in [4.78, 5) is 10.1. The lowest BCUT2D eigenvalue weighted by molar-refractivity contribution is -0.129. The fraction of sp³-hybridized carbons (Fsp3) is 0.933. The zero-order chi connectivity index (χ0) is 13.3. The van der Waals surface area contributed by atoms with Gasteiger partial charge in [-0.25, -0.2) is 0 Å². The first kappa shape index (κ1) is 16.5. The van der Waals surface area contributed by atoms with Gasteiger partial charge in [-0.15, -0.1) is 0 Å². The summed E-state index contributed by atoms with van der Waals surface area (Å²) >= 11 is 0. The van der Waals surface area contributed by atoms with Crippen molar-refractivity contribution >= 4 is 6.47 Å².